The van der Waals surface area contributed by atoms with Gasteiger partial charge in [-0.15, -0.1) is 0 Å². The summed E-state index contributed by atoms with van der Waals surface area (Å²) in [5.74, 6) is -1.34. The average Bonchev–Trinajstić information content (AvgIpc) is 3.21. The number of nitrogens with zero attached hydrogens (tertiary/aromatic N) is 3. The number of rotatable bonds is 6. The maximum Gasteiger partial charge on any atom is 0.334 e. The minimum atomic E-state index is -1.14. The number of carboxylic acid groups (broad SMARTS) is 1. The van der Waals surface area contributed by atoms with Gasteiger partial charge in [0.05, 0.1) is 16.4 Å². The Balaban J connectivity index is 1.80. The molecule has 0 saturated heterocycles. The molecule has 2 N–H and O–H groups in total. The number of carbonyl (C=O) groups is 1. The number of nitro groups is 1. The summed E-state index contributed by atoms with van der Waals surface area (Å²) in [6.45, 7) is 3.44. The minimum absolute atomic E-state index is 0.0638. The minimum Gasteiger partial charge on any atom is -0.478 e. The van der Waals surface area contributed by atoms with Crippen molar-refractivity contribution in [2.45, 2.75) is 26.2 Å². The normalized spacial score (nSPS) is 16.1. The van der Waals surface area contributed by atoms with Crippen LogP contribution in [0.25, 0.3) is 5.57 Å². The van der Waals surface area contributed by atoms with Crippen LogP contribution in [-0.4, -0.2) is 26.1 Å². The van der Waals surface area contributed by atoms with Crippen molar-refractivity contribution in [3.63, 3.8) is 0 Å². The highest BCUT2D eigenvalue weighted by atomic mass is 16.6. The Kier molecular flexibility index (Phi) is 5.55. The lowest BCUT2D eigenvalue weighted by atomic mass is 9.80. The molecule has 1 unspecified atom stereocenters. The van der Waals surface area contributed by atoms with E-state index in [9.17, 15) is 20.0 Å². The Bertz CT molecular complexity index is 1260. The van der Waals surface area contributed by atoms with Crippen molar-refractivity contribution in [1.29, 1.82) is 0 Å². The molecule has 3 aromatic rings. The van der Waals surface area contributed by atoms with Gasteiger partial charge in [0.2, 0.25) is 0 Å². The van der Waals surface area contributed by atoms with Gasteiger partial charge in [0.15, 0.2) is 5.82 Å². The van der Waals surface area contributed by atoms with Crippen molar-refractivity contribution < 1.29 is 19.3 Å². The third-order valence-corrected chi connectivity index (χ3v) is 5.31. The van der Waals surface area contributed by atoms with E-state index in [4.69, 9.17) is 4.52 Å². The highest BCUT2D eigenvalue weighted by Crippen LogP contribution is 2.43. The van der Waals surface area contributed by atoms with Gasteiger partial charge in [-0.2, -0.15) is 4.98 Å². The zero-order chi connectivity index (χ0) is 22.8. The van der Waals surface area contributed by atoms with Crippen LogP contribution < -0.4 is 5.32 Å². The lowest BCUT2D eigenvalue weighted by molar-refractivity contribution is -0.384. The molecule has 9 nitrogen and oxygen atoms in total. The van der Waals surface area contributed by atoms with Gasteiger partial charge in [0.25, 0.3) is 11.6 Å². The zero-order valence-corrected chi connectivity index (χ0v) is 17.4. The highest BCUT2D eigenvalue weighted by molar-refractivity contribution is 5.95. The van der Waals surface area contributed by atoms with Crippen molar-refractivity contribution >= 4 is 17.2 Å². The van der Waals surface area contributed by atoms with E-state index in [-0.39, 0.29) is 17.2 Å². The van der Waals surface area contributed by atoms with Crippen molar-refractivity contribution in [3.8, 4) is 0 Å². The van der Waals surface area contributed by atoms with E-state index < -0.39 is 16.8 Å². The second-order valence-corrected chi connectivity index (χ2v) is 7.47. The summed E-state index contributed by atoms with van der Waals surface area (Å²) in [4.78, 5) is 27.5. The standard InChI is InChI=1S/C23H20N4O5/c1-13-19(22-25-18(26-32-22)11-15-7-4-3-5-8-15)21(20(23(28)29)14(2)24-13)16-9-6-10-17(12-16)27(30)31/h3-10,12,21,24H,11H2,1-2H3,(H,28,29). The predicted octanol–water partition coefficient (Wildman–Crippen LogP) is 4.05. The number of allylic oxidation sites excluding steroid dienone is 3. The number of aromatic nitrogens is 2. The molecule has 0 aliphatic carbocycles. The fraction of sp³-hybridized carbons (Fsp3) is 0.174. The van der Waals surface area contributed by atoms with Gasteiger partial charge >= 0.3 is 5.97 Å². The first-order valence-corrected chi connectivity index (χ1v) is 9.88. The fourth-order valence-electron chi connectivity index (χ4n) is 3.93. The number of non-ortho nitro benzene ring substituents is 1. The smallest absolute Gasteiger partial charge is 0.334 e. The molecule has 1 aliphatic rings. The molecule has 2 heterocycles. The summed E-state index contributed by atoms with van der Waals surface area (Å²) in [6, 6.07) is 15.6. The molecule has 0 fully saturated rings. The Labute approximate surface area is 183 Å². The fourth-order valence-corrected chi connectivity index (χ4v) is 3.93. The summed E-state index contributed by atoms with van der Waals surface area (Å²) in [5, 5.41) is 28.4. The van der Waals surface area contributed by atoms with E-state index in [2.05, 4.69) is 15.5 Å². The Morgan fingerprint density at radius 2 is 1.91 bits per heavy atom. The molecular formula is C23H20N4O5. The third-order valence-electron chi connectivity index (χ3n) is 5.31. The Morgan fingerprint density at radius 3 is 2.59 bits per heavy atom. The van der Waals surface area contributed by atoms with Gasteiger partial charge in [0.1, 0.15) is 0 Å². The molecule has 162 valence electrons. The first-order valence-electron chi connectivity index (χ1n) is 9.88. The van der Waals surface area contributed by atoms with Crippen LogP contribution in [0.5, 0.6) is 0 Å². The molecule has 9 heteroatoms. The first-order chi connectivity index (χ1) is 15.3. The van der Waals surface area contributed by atoms with Crippen LogP contribution in [0.3, 0.4) is 0 Å². The number of hydrogen-bond acceptors (Lipinski definition) is 7. The van der Waals surface area contributed by atoms with Crippen LogP contribution in [0.4, 0.5) is 5.69 Å². The summed E-state index contributed by atoms with van der Waals surface area (Å²) >= 11 is 0. The predicted molar refractivity (Wildman–Crippen MR) is 115 cm³/mol. The summed E-state index contributed by atoms with van der Waals surface area (Å²) in [6.07, 6.45) is 0.451. The van der Waals surface area contributed by atoms with Crippen molar-refractivity contribution in [2.24, 2.45) is 0 Å². The molecule has 0 amide bonds. The van der Waals surface area contributed by atoms with E-state index in [1.165, 1.54) is 18.2 Å². The molecule has 2 aromatic carbocycles. The van der Waals surface area contributed by atoms with Crippen LogP contribution in [0.2, 0.25) is 0 Å². The molecule has 1 atom stereocenters. The van der Waals surface area contributed by atoms with Crippen molar-refractivity contribution in [1.82, 2.24) is 15.5 Å². The Hall–Kier alpha value is -4.27. The van der Waals surface area contributed by atoms with Crippen LogP contribution >= 0.6 is 0 Å². The molecule has 0 radical (unpaired) electrons. The third kappa shape index (κ3) is 4.00. The van der Waals surface area contributed by atoms with Gasteiger partial charge in [-0.25, -0.2) is 4.79 Å². The van der Waals surface area contributed by atoms with E-state index in [1.807, 2.05) is 30.3 Å². The van der Waals surface area contributed by atoms with Crippen LogP contribution in [0.15, 0.2) is 76.1 Å². The number of aliphatic carboxylic acids is 1. The maximum atomic E-state index is 12.2. The summed E-state index contributed by atoms with van der Waals surface area (Å²) in [7, 11) is 0. The highest BCUT2D eigenvalue weighted by Gasteiger charge is 2.37. The maximum absolute atomic E-state index is 12.2. The number of hydrogen-bond donors (Lipinski definition) is 2. The van der Waals surface area contributed by atoms with Gasteiger partial charge in [-0.05, 0) is 25.0 Å². The molecule has 0 bridgehead atoms. The second-order valence-electron chi connectivity index (χ2n) is 7.47. The van der Waals surface area contributed by atoms with Crippen LogP contribution in [0.1, 0.15) is 42.6 Å². The Morgan fingerprint density at radius 1 is 1.16 bits per heavy atom. The summed E-state index contributed by atoms with van der Waals surface area (Å²) in [5.41, 5.74) is 2.95. The molecule has 1 aliphatic heterocycles. The average molecular weight is 432 g/mol. The topological polar surface area (TPSA) is 131 Å². The second kappa shape index (κ2) is 8.46. The van der Waals surface area contributed by atoms with Gasteiger partial charge < -0.3 is 14.9 Å². The quantitative estimate of drug-likeness (QED) is 0.441. The van der Waals surface area contributed by atoms with Crippen molar-refractivity contribution in [2.75, 3.05) is 0 Å². The largest absolute Gasteiger partial charge is 0.478 e. The number of benzene rings is 2. The lowest BCUT2D eigenvalue weighted by Crippen LogP contribution is -2.27. The number of nitrogens with one attached hydrogen (secondary N) is 1. The zero-order valence-electron chi connectivity index (χ0n) is 17.4. The van der Waals surface area contributed by atoms with Crippen LogP contribution in [-0.2, 0) is 11.2 Å². The lowest BCUT2D eigenvalue weighted by Gasteiger charge is -2.29. The van der Waals surface area contributed by atoms with E-state index >= 15 is 0 Å². The van der Waals surface area contributed by atoms with E-state index in [0.717, 1.165) is 5.56 Å². The monoisotopic (exact) mass is 432 g/mol. The van der Waals surface area contributed by atoms with Crippen molar-refractivity contribution in [3.05, 3.63) is 105 Å². The molecule has 32 heavy (non-hydrogen) atoms. The van der Waals surface area contributed by atoms with E-state index in [1.54, 1.807) is 19.9 Å². The molecule has 1 aromatic heterocycles. The molecule has 0 spiro atoms. The molecular weight excluding hydrogens is 412 g/mol. The van der Waals surface area contributed by atoms with Gasteiger partial charge in [0, 0.05) is 35.5 Å². The summed E-state index contributed by atoms with van der Waals surface area (Å²) < 4.78 is 5.53. The van der Waals surface area contributed by atoms with E-state index in [0.29, 0.717) is 34.8 Å². The first kappa shape index (κ1) is 21.0. The molecule has 4 rings (SSSR count). The van der Waals surface area contributed by atoms with Gasteiger partial charge in [-0.3, -0.25) is 10.1 Å². The molecule has 0 saturated carbocycles. The SMILES string of the molecule is CC1=C(C(=O)O)C(c2cccc([N+](=O)[O-])c2)C(c2nc(Cc3ccccc3)no2)=C(C)N1. The number of dihydropyridines is 1. The number of nitro benzene ring substituents is 1. The number of carboxylic acids is 1. The van der Waals surface area contributed by atoms with Gasteiger partial charge in [-0.1, -0.05) is 47.6 Å². The van der Waals surface area contributed by atoms with Crippen LogP contribution in [0, 0.1) is 10.1 Å².